The van der Waals surface area contributed by atoms with Crippen molar-refractivity contribution in [3.05, 3.63) is 27.7 Å². The van der Waals surface area contributed by atoms with Crippen molar-refractivity contribution >= 4 is 39.1 Å². The van der Waals surface area contributed by atoms with Crippen molar-refractivity contribution in [2.75, 3.05) is 11.9 Å². The number of amides is 1. The Hall–Kier alpha value is -0.740. The molecular weight excluding hydrogens is 291 g/mol. The van der Waals surface area contributed by atoms with Crippen LogP contribution in [-0.2, 0) is 4.79 Å². The highest BCUT2D eigenvalue weighted by Crippen LogP contribution is 2.25. The predicted molar refractivity (Wildman–Crippen MR) is 68.8 cm³/mol. The Morgan fingerprint density at radius 2 is 2.25 bits per heavy atom. The molecule has 1 aromatic carbocycles. The fourth-order valence-electron chi connectivity index (χ4n) is 1.31. The summed E-state index contributed by atoms with van der Waals surface area (Å²) in [5, 5.41) is 6.51. The first-order valence-electron chi connectivity index (χ1n) is 5.13. The molecule has 2 N–H and O–H groups in total. The molecule has 0 unspecified atom stereocenters. The van der Waals surface area contributed by atoms with E-state index < -0.39 is 0 Å². The highest BCUT2D eigenvalue weighted by molar-refractivity contribution is 9.10. The van der Waals surface area contributed by atoms with Crippen molar-refractivity contribution in [2.24, 2.45) is 0 Å². The van der Waals surface area contributed by atoms with Crippen LogP contribution in [-0.4, -0.2) is 18.5 Å². The zero-order valence-corrected chi connectivity index (χ0v) is 10.9. The number of halogens is 2. The van der Waals surface area contributed by atoms with Gasteiger partial charge in [-0.25, -0.2) is 0 Å². The molecule has 1 fully saturated rings. The second kappa shape index (κ2) is 5.06. The molecular formula is C11H12BrClN2O. The van der Waals surface area contributed by atoms with Gasteiger partial charge in [0.15, 0.2) is 0 Å². The van der Waals surface area contributed by atoms with Crippen molar-refractivity contribution in [1.29, 1.82) is 0 Å². The largest absolute Gasteiger partial charge is 0.375 e. The van der Waals surface area contributed by atoms with Crippen LogP contribution in [0, 0.1) is 0 Å². The number of nitrogens with one attached hydrogen (secondary N) is 2. The van der Waals surface area contributed by atoms with Crippen molar-refractivity contribution in [3.63, 3.8) is 0 Å². The maximum absolute atomic E-state index is 11.4. The Bertz CT molecular complexity index is 407. The third-order valence-electron chi connectivity index (χ3n) is 2.31. The van der Waals surface area contributed by atoms with Crippen molar-refractivity contribution < 1.29 is 4.79 Å². The summed E-state index contributed by atoms with van der Waals surface area (Å²) in [6.45, 7) is 0.262. The lowest BCUT2D eigenvalue weighted by Crippen LogP contribution is -2.31. The normalized spacial score (nSPS) is 14.6. The SMILES string of the molecule is O=C(CNc1ccc(Br)cc1Cl)NC1CC1. The molecule has 0 atom stereocenters. The zero-order valence-electron chi connectivity index (χ0n) is 8.59. The van der Waals surface area contributed by atoms with Gasteiger partial charge in [0.05, 0.1) is 17.3 Å². The molecule has 3 nitrogen and oxygen atoms in total. The van der Waals surface area contributed by atoms with Crippen LogP contribution in [0.15, 0.2) is 22.7 Å². The van der Waals surface area contributed by atoms with Crippen LogP contribution in [0.3, 0.4) is 0 Å². The van der Waals surface area contributed by atoms with E-state index in [0.717, 1.165) is 23.0 Å². The van der Waals surface area contributed by atoms with Crippen LogP contribution < -0.4 is 10.6 Å². The summed E-state index contributed by atoms with van der Waals surface area (Å²) in [7, 11) is 0. The molecule has 1 aliphatic rings. The van der Waals surface area contributed by atoms with Gasteiger partial charge in [0.1, 0.15) is 0 Å². The van der Waals surface area contributed by atoms with Gasteiger partial charge in [-0.3, -0.25) is 4.79 Å². The number of rotatable bonds is 4. The van der Waals surface area contributed by atoms with E-state index in [9.17, 15) is 4.79 Å². The first kappa shape index (κ1) is 11.7. The fraction of sp³-hybridized carbons (Fsp3) is 0.364. The summed E-state index contributed by atoms with van der Waals surface area (Å²) in [6.07, 6.45) is 2.20. The van der Waals surface area contributed by atoms with Gasteiger partial charge in [0.25, 0.3) is 0 Å². The minimum atomic E-state index is 0.0153. The number of carbonyl (C=O) groups excluding carboxylic acids is 1. The lowest BCUT2D eigenvalue weighted by molar-refractivity contribution is -0.119. The van der Waals surface area contributed by atoms with E-state index in [4.69, 9.17) is 11.6 Å². The molecule has 1 aliphatic carbocycles. The minimum Gasteiger partial charge on any atom is -0.375 e. The number of carbonyl (C=O) groups is 1. The molecule has 0 heterocycles. The van der Waals surface area contributed by atoms with E-state index in [0.29, 0.717) is 11.1 Å². The second-order valence-corrected chi connectivity index (χ2v) is 5.14. The molecule has 0 aliphatic heterocycles. The maximum Gasteiger partial charge on any atom is 0.239 e. The highest BCUT2D eigenvalue weighted by atomic mass is 79.9. The van der Waals surface area contributed by atoms with Gasteiger partial charge >= 0.3 is 0 Å². The van der Waals surface area contributed by atoms with E-state index in [2.05, 4.69) is 26.6 Å². The first-order chi connectivity index (χ1) is 7.65. The zero-order chi connectivity index (χ0) is 11.5. The summed E-state index contributed by atoms with van der Waals surface area (Å²) in [5.74, 6) is 0.0153. The van der Waals surface area contributed by atoms with Crippen LogP contribution in [0.4, 0.5) is 5.69 Å². The van der Waals surface area contributed by atoms with Crippen molar-refractivity contribution in [1.82, 2.24) is 5.32 Å². The van der Waals surface area contributed by atoms with Gasteiger partial charge in [0, 0.05) is 10.5 Å². The average Bonchev–Trinajstić information content (AvgIpc) is 3.00. The molecule has 1 amide bonds. The van der Waals surface area contributed by atoms with E-state index in [1.807, 2.05) is 12.1 Å². The summed E-state index contributed by atoms with van der Waals surface area (Å²) in [4.78, 5) is 11.4. The van der Waals surface area contributed by atoms with Gasteiger partial charge in [-0.2, -0.15) is 0 Å². The van der Waals surface area contributed by atoms with Crippen LogP contribution in [0.2, 0.25) is 5.02 Å². The lowest BCUT2D eigenvalue weighted by atomic mass is 10.3. The lowest BCUT2D eigenvalue weighted by Gasteiger charge is -2.08. The molecule has 86 valence electrons. The number of hydrogen-bond donors (Lipinski definition) is 2. The quantitative estimate of drug-likeness (QED) is 0.898. The molecule has 0 bridgehead atoms. The van der Waals surface area contributed by atoms with Crippen molar-refractivity contribution in [3.8, 4) is 0 Å². The highest BCUT2D eigenvalue weighted by Gasteiger charge is 2.22. The molecule has 0 saturated heterocycles. The third-order valence-corrected chi connectivity index (χ3v) is 3.12. The van der Waals surface area contributed by atoms with E-state index >= 15 is 0 Å². The van der Waals surface area contributed by atoms with E-state index in [1.54, 1.807) is 6.07 Å². The van der Waals surface area contributed by atoms with Crippen molar-refractivity contribution in [2.45, 2.75) is 18.9 Å². The molecule has 0 spiro atoms. The Morgan fingerprint density at radius 1 is 1.50 bits per heavy atom. The number of hydrogen-bond acceptors (Lipinski definition) is 2. The molecule has 2 rings (SSSR count). The molecule has 0 aromatic heterocycles. The smallest absolute Gasteiger partial charge is 0.239 e. The Kier molecular flexibility index (Phi) is 3.71. The number of benzene rings is 1. The summed E-state index contributed by atoms with van der Waals surface area (Å²) < 4.78 is 0.922. The standard InChI is InChI=1S/C11H12BrClN2O/c12-7-1-4-10(9(13)5-7)14-6-11(16)15-8-2-3-8/h1,4-5,8,14H,2-3,6H2,(H,15,16). The van der Waals surface area contributed by atoms with Crippen LogP contribution >= 0.6 is 27.5 Å². The molecule has 1 aromatic rings. The maximum atomic E-state index is 11.4. The Balaban J connectivity index is 1.85. The van der Waals surface area contributed by atoms with Gasteiger partial charge in [0.2, 0.25) is 5.91 Å². The third kappa shape index (κ3) is 3.39. The number of anilines is 1. The van der Waals surface area contributed by atoms with Gasteiger partial charge in [-0.1, -0.05) is 27.5 Å². The summed E-state index contributed by atoms with van der Waals surface area (Å²) >= 11 is 9.33. The molecule has 1 saturated carbocycles. The van der Waals surface area contributed by atoms with E-state index in [1.165, 1.54) is 0 Å². The topological polar surface area (TPSA) is 41.1 Å². The summed E-state index contributed by atoms with van der Waals surface area (Å²) in [6, 6.07) is 5.92. The van der Waals surface area contributed by atoms with Crippen LogP contribution in [0.1, 0.15) is 12.8 Å². The van der Waals surface area contributed by atoms with Gasteiger partial charge < -0.3 is 10.6 Å². The second-order valence-electron chi connectivity index (χ2n) is 3.82. The summed E-state index contributed by atoms with van der Waals surface area (Å²) in [5.41, 5.74) is 0.774. The van der Waals surface area contributed by atoms with Gasteiger partial charge in [-0.05, 0) is 31.0 Å². The van der Waals surface area contributed by atoms with Crippen LogP contribution in [0.5, 0.6) is 0 Å². The minimum absolute atomic E-state index is 0.0153. The van der Waals surface area contributed by atoms with Crippen LogP contribution in [0.25, 0.3) is 0 Å². The molecule has 0 radical (unpaired) electrons. The van der Waals surface area contributed by atoms with E-state index in [-0.39, 0.29) is 12.5 Å². The van der Waals surface area contributed by atoms with Gasteiger partial charge in [-0.15, -0.1) is 0 Å². The monoisotopic (exact) mass is 302 g/mol. The Labute approximate surface area is 108 Å². The average molecular weight is 304 g/mol. The molecule has 16 heavy (non-hydrogen) atoms. The Morgan fingerprint density at radius 3 is 2.88 bits per heavy atom. The predicted octanol–water partition coefficient (Wildman–Crippen LogP) is 2.79. The first-order valence-corrected chi connectivity index (χ1v) is 6.30. The fourth-order valence-corrected chi connectivity index (χ4v) is 2.05. The molecule has 5 heteroatoms.